The van der Waals surface area contributed by atoms with Crippen LogP contribution in [0.25, 0.3) is 0 Å². The van der Waals surface area contributed by atoms with Crippen LogP contribution in [0, 0.1) is 0 Å². The van der Waals surface area contributed by atoms with Gasteiger partial charge in [-0.1, -0.05) is 0 Å². The van der Waals surface area contributed by atoms with Gasteiger partial charge in [-0.15, -0.1) is 12.4 Å². The lowest BCUT2D eigenvalue weighted by molar-refractivity contribution is 0.0725. The smallest absolute Gasteiger partial charge is 0.270 e. The molecule has 0 aliphatic carbocycles. The van der Waals surface area contributed by atoms with Crippen molar-refractivity contribution in [2.24, 2.45) is 0 Å². The fourth-order valence-electron chi connectivity index (χ4n) is 1.95. The van der Waals surface area contributed by atoms with E-state index in [4.69, 9.17) is 0 Å². The number of halogens is 2. The number of hydrogen-bond acceptors (Lipinski definition) is 2. The Balaban J connectivity index is 0.00000144. The molecule has 2 rings (SSSR count). The molecule has 1 aromatic heterocycles. The molecular weight excluding hydrogens is 305 g/mol. The van der Waals surface area contributed by atoms with Gasteiger partial charge in [0.2, 0.25) is 0 Å². The first-order valence-electron chi connectivity index (χ1n) is 5.58. The number of rotatable bonds is 2. The Morgan fingerprint density at radius 2 is 2.12 bits per heavy atom. The first kappa shape index (κ1) is 14.5. The van der Waals surface area contributed by atoms with Crippen LogP contribution in [0.5, 0.6) is 0 Å². The van der Waals surface area contributed by atoms with E-state index in [-0.39, 0.29) is 18.3 Å². The maximum Gasteiger partial charge on any atom is 0.270 e. The summed E-state index contributed by atoms with van der Waals surface area (Å²) in [5.74, 6) is 0.133. The van der Waals surface area contributed by atoms with E-state index in [2.05, 4.69) is 21.2 Å². The lowest BCUT2D eigenvalue weighted by Crippen LogP contribution is -2.46. The summed E-state index contributed by atoms with van der Waals surface area (Å²) >= 11 is 3.41. The van der Waals surface area contributed by atoms with Crippen molar-refractivity contribution in [1.29, 1.82) is 0 Å². The molecule has 1 aromatic rings. The van der Waals surface area contributed by atoms with Crippen LogP contribution >= 0.6 is 28.3 Å². The molecule has 2 heterocycles. The van der Waals surface area contributed by atoms with Crippen LogP contribution in [0.15, 0.2) is 16.7 Å². The Morgan fingerprint density at radius 1 is 1.47 bits per heavy atom. The maximum absolute atomic E-state index is 12.2. The van der Waals surface area contributed by atoms with Crippen LogP contribution in [-0.4, -0.2) is 41.6 Å². The lowest BCUT2D eigenvalue weighted by Gasteiger charge is -2.27. The molecule has 1 amide bonds. The Hall–Kier alpha value is -0.520. The van der Waals surface area contributed by atoms with Crippen molar-refractivity contribution in [1.82, 2.24) is 14.8 Å². The summed E-state index contributed by atoms with van der Waals surface area (Å²) in [6, 6.07) is 1.90. The fourth-order valence-corrected chi connectivity index (χ4v) is 2.41. The molecule has 0 radical (unpaired) electrons. The fraction of sp³-hybridized carbons (Fsp3) is 0.545. The van der Waals surface area contributed by atoms with Crippen LogP contribution in [0.1, 0.15) is 17.4 Å². The molecule has 4 nitrogen and oxygen atoms in total. The van der Waals surface area contributed by atoms with E-state index in [0.29, 0.717) is 0 Å². The number of nitrogens with zero attached hydrogens (tertiary/aromatic N) is 2. The number of piperazine rings is 1. The van der Waals surface area contributed by atoms with E-state index >= 15 is 0 Å². The second kappa shape index (κ2) is 6.42. The van der Waals surface area contributed by atoms with Gasteiger partial charge < -0.3 is 14.8 Å². The normalized spacial score (nSPS) is 15.5. The first-order chi connectivity index (χ1) is 7.72. The zero-order valence-electron chi connectivity index (χ0n) is 9.78. The summed E-state index contributed by atoms with van der Waals surface area (Å²) in [5, 5.41) is 3.24. The Labute approximate surface area is 116 Å². The van der Waals surface area contributed by atoms with Crippen LogP contribution in [0.2, 0.25) is 0 Å². The highest BCUT2D eigenvalue weighted by molar-refractivity contribution is 9.10. The van der Waals surface area contributed by atoms with Crippen molar-refractivity contribution < 1.29 is 4.79 Å². The highest BCUT2D eigenvalue weighted by Gasteiger charge is 2.20. The van der Waals surface area contributed by atoms with Crippen LogP contribution in [0.4, 0.5) is 0 Å². The SMILES string of the molecule is CCn1cc(Br)cc1C(=O)N1CCNCC1.Cl. The van der Waals surface area contributed by atoms with E-state index in [0.717, 1.165) is 42.9 Å². The van der Waals surface area contributed by atoms with Crippen LogP contribution in [0.3, 0.4) is 0 Å². The largest absolute Gasteiger partial charge is 0.343 e. The summed E-state index contributed by atoms with van der Waals surface area (Å²) in [6.45, 7) is 6.23. The number of nitrogens with one attached hydrogen (secondary N) is 1. The van der Waals surface area contributed by atoms with Crippen molar-refractivity contribution >= 4 is 34.2 Å². The van der Waals surface area contributed by atoms with Crippen molar-refractivity contribution in [3.8, 4) is 0 Å². The van der Waals surface area contributed by atoms with Gasteiger partial charge in [-0.3, -0.25) is 4.79 Å². The van der Waals surface area contributed by atoms with Gasteiger partial charge in [0, 0.05) is 43.4 Å². The van der Waals surface area contributed by atoms with E-state index in [1.165, 1.54) is 0 Å². The van der Waals surface area contributed by atoms with Gasteiger partial charge in [0.15, 0.2) is 0 Å². The average Bonchev–Trinajstić information content (AvgIpc) is 2.70. The molecule has 0 bridgehead atoms. The third-order valence-corrected chi connectivity index (χ3v) is 3.26. The monoisotopic (exact) mass is 321 g/mol. The van der Waals surface area contributed by atoms with Crippen molar-refractivity contribution in [2.45, 2.75) is 13.5 Å². The van der Waals surface area contributed by atoms with Crippen molar-refractivity contribution in [3.05, 3.63) is 22.4 Å². The summed E-state index contributed by atoms with van der Waals surface area (Å²) in [4.78, 5) is 14.2. The van der Waals surface area contributed by atoms with Gasteiger partial charge in [0.05, 0.1) is 0 Å². The van der Waals surface area contributed by atoms with Crippen LogP contribution in [-0.2, 0) is 6.54 Å². The molecule has 17 heavy (non-hydrogen) atoms. The van der Waals surface area contributed by atoms with Gasteiger partial charge >= 0.3 is 0 Å². The molecule has 1 fully saturated rings. The number of hydrogen-bond donors (Lipinski definition) is 1. The van der Waals surface area contributed by atoms with Crippen molar-refractivity contribution in [2.75, 3.05) is 26.2 Å². The third kappa shape index (κ3) is 3.24. The Bertz CT molecular complexity index is 388. The van der Waals surface area contributed by atoms with Crippen molar-refractivity contribution in [3.63, 3.8) is 0 Å². The molecular formula is C11H17BrClN3O. The Kier molecular flexibility index (Phi) is 5.49. The molecule has 0 unspecified atom stereocenters. The predicted molar refractivity (Wildman–Crippen MR) is 73.8 cm³/mol. The molecule has 1 aliphatic rings. The Morgan fingerprint density at radius 3 is 2.71 bits per heavy atom. The second-order valence-corrected chi connectivity index (χ2v) is 4.79. The maximum atomic E-state index is 12.2. The quantitative estimate of drug-likeness (QED) is 0.900. The minimum atomic E-state index is 0. The van der Waals surface area contributed by atoms with E-state index in [1.54, 1.807) is 0 Å². The summed E-state index contributed by atoms with van der Waals surface area (Å²) in [7, 11) is 0. The second-order valence-electron chi connectivity index (χ2n) is 3.87. The standard InChI is InChI=1S/C11H16BrN3O.ClH/c1-2-14-8-9(12)7-10(14)11(16)15-5-3-13-4-6-15;/h7-8,13H,2-6H2,1H3;1H. The van der Waals surface area contributed by atoms with E-state index in [1.807, 2.05) is 28.7 Å². The van der Waals surface area contributed by atoms with Gasteiger partial charge in [-0.2, -0.15) is 0 Å². The van der Waals surface area contributed by atoms with Gasteiger partial charge in [0.1, 0.15) is 5.69 Å². The average molecular weight is 323 g/mol. The third-order valence-electron chi connectivity index (χ3n) is 2.83. The molecule has 0 atom stereocenters. The highest BCUT2D eigenvalue weighted by atomic mass is 79.9. The number of aromatic nitrogens is 1. The molecule has 1 N–H and O–H groups in total. The summed E-state index contributed by atoms with van der Waals surface area (Å²) < 4.78 is 2.95. The van der Waals surface area contributed by atoms with Gasteiger partial charge in [0.25, 0.3) is 5.91 Å². The zero-order valence-corrected chi connectivity index (χ0v) is 12.2. The zero-order chi connectivity index (χ0) is 11.5. The van der Waals surface area contributed by atoms with Gasteiger partial charge in [-0.05, 0) is 28.9 Å². The summed E-state index contributed by atoms with van der Waals surface area (Å²) in [6.07, 6.45) is 1.95. The highest BCUT2D eigenvalue weighted by Crippen LogP contribution is 2.16. The molecule has 1 saturated heterocycles. The number of amides is 1. The topological polar surface area (TPSA) is 37.3 Å². The number of aryl methyl sites for hydroxylation is 1. The van der Waals surface area contributed by atoms with E-state index in [9.17, 15) is 4.79 Å². The minimum absolute atomic E-state index is 0. The summed E-state index contributed by atoms with van der Waals surface area (Å²) in [5.41, 5.74) is 0.774. The van der Waals surface area contributed by atoms with Gasteiger partial charge in [-0.25, -0.2) is 0 Å². The predicted octanol–water partition coefficient (Wildman–Crippen LogP) is 1.74. The molecule has 0 aromatic carbocycles. The lowest BCUT2D eigenvalue weighted by atomic mass is 10.3. The number of carbonyl (C=O) groups is 1. The molecule has 0 saturated carbocycles. The van der Waals surface area contributed by atoms with Crippen LogP contribution < -0.4 is 5.32 Å². The minimum Gasteiger partial charge on any atom is -0.343 e. The van der Waals surface area contributed by atoms with E-state index < -0.39 is 0 Å². The first-order valence-corrected chi connectivity index (χ1v) is 6.37. The number of carbonyl (C=O) groups excluding carboxylic acids is 1. The molecule has 0 spiro atoms. The molecule has 1 aliphatic heterocycles. The molecule has 96 valence electrons. The molecule has 6 heteroatoms.